The lowest BCUT2D eigenvalue weighted by molar-refractivity contribution is -0.131. The van der Waals surface area contributed by atoms with Crippen LogP contribution in [-0.2, 0) is 4.79 Å². The van der Waals surface area contributed by atoms with E-state index in [1.54, 1.807) is 6.07 Å². The molecule has 1 aromatic heterocycles. The zero-order valence-corrected chi connectivity index (χ0v) is 11.4. The zero-order chi connectivity index (χ0) is 14.6. The summed E-state index contributed by atoms with van der Waals surface area (Å²) in [6, 6.07) is 1.64. The topological polar surface area (TPSA) is 79.3 Å². The van der Waals surface area contributed by atoms with Gasteiger partial charge in [0.05, 0.1) is 5.56 Å². The minimum absolute atomic E-state index is 0.0655. The third kappa shape index (κ3) is 3.23. The van der Waals surface area contributed by atoms with E-state index in [0.717, 1.165) is 31.8 Å². The van der Waals surface area contributed by atoms with Crippen LogP contribution in [0, 0.1) is 0 Å². The number of carboxylic acid groups (broad SMARTS) is 1. The van der Waals surface area contributed by atoms with Gasteiger partial charge < -0.3 is 10.4 Å². The summed E-state index contributed by atoms with van der Waals surface area (Å²) in [5.41, 5.74) is 0.987. The molecule has 1 aliphatic carbocycles. The fourth-order valence-corrected chi connectivity index (χ4v) is 2.32. The summed E-state index contributed by atoms with van der Waals surface area (Å²) in [6.45, 7) is 2.07. The molecule has 1 heterocycles. The van der Waals surface area contributed by atoms with Crippen molar-refractivity contribution in [2.24, 2.45) is 0 Å². The lowest BCUT2D eigenvalue weighted by Crippen LogP contribution is -2.53. The van der Waals surface area contributed by atoms with Crippen LogP contribution in [0.5, 0.6) is 0 Å². The van der Waals surface area contributed by atoms with Crippen LogP contribution in [0.3, 0.4) is 0 Å². The van der Waals surface area contributed by atoms with E-state index < -0.39 is 5.97 Å². The highest BCUT2D eigenvalue weighted by Gasteiger charge is 2.36. The highest BCUT2D eigenvalue weighted by Crippen LogP contribution is 2.34. The standard InChI is InChI=1S/C15H18N2O3/c1-2-15(6-3-7-15)17-14(20)12-8-11(9-16-10-12)4-5-13(18)19/h4-5,8-10H,2-3,6-7H2,1H3,(H,17,20)(H,18,19)/b5-4+. The zero-order valence-electron chi connectivity index (χ0n) is 11.4. The number of rotatable bonds is 5. The smallest absolute Gasteiger partial charge is 0.328 e. The van der Waals surface area contributed by atoms with Crippen molar-refractivity contribution in [3.05, 3.63) is 35.7 Å². The summed E-state index contributed by atoms with van der Waals surface area (Å²) in [5.74, 6) is -1.18. The van der Waals surface area contributed by atoms with Crippen LogP contribution in [0.1, 0.15) is 48.5 Å². The second kappa shape index (κ2) is 5.86. The number of aliphatic carboxylic acids is 1. The van der Waals surface area contributed by atoms with Gasteiger partial charge in [-0.15, -0.1) is 0 Å². The summed E-state index contributed by atoms with van der Waals surface area (Å²) in [7, 11) is 0. The summed E-state index contributed by atoms with van der Waals surface area (Å²) >= 11 is 0. The molecule has 1 aromatic rings. The number of nitrogens with one attached hydrogen (secondary N) is 1. The molecular weight excluding hydrogens is 256 g/mol. The van der Waals surface area contributed by atoms with E-state index in [1.165, 1.54) is 18.5 Å². The molecule has 2 rings (SSSR count). The Morgan fingerprint density at radius 3 is 2.75 bits per heavy atom. The Morgan fingerprint density at radius 1 is 1.45 bits per heavy atom. The first-order valence-electron chi connectivity index (χ1n) is 6.73. The summed E-state index contributed by atoms with van der Waals surface area (Å²) in [4.78, 5) is 26.7. The Balaban J connectivity index is 2.10. The van der Waals surface area contributed by atoms with Gasteiger partial charge in [0, 0.05) is 24.0 Å². The van der Waals surface area contributed by atoms with Crippen molar-refractivity contribution < 1.29 is 14.7 Å². The molecular formula is C15H18N2O3. The van der Waals surface area contributed by atoms with Crippen molar-refractivity contribution in [3.8, 4) is 0 Å². The van der Waals surface area contributed by atoms with Gasteiger partial charge in [-0.1, -0.05) is 6.92 Å². The largest absolute Gasteiger partial charge is 0.478 e. The number of carbonyl (C=O) groups excluding carboxylic acids is 1. The van der Waals surface area contributed by atoms with Crippen LogP contribution in [-0.4, -0.2) is 27.5 Å². The normalized spacial score (nSPS) is 16.6. The van der Waals surface area contributed by atoms with Gasteiger partial charge in [-0.2, -0.15) is 0 Å². The van der Waals surface area contributed by atoms with Crippen molar-refractivity contribution in [1.82, 2.24) is 10.3 Å². The number of carboxylic acids is 1. The molecule has 1 saturated carbocycles. The van der Waals surface area contributed by atoms with Gasteiger partial charge >= 0.3 is 5.97 Å². The number of aromatic nitrogens is 1. The molecule has 0 atom stereocenters. The lowest BCUT2D eigenvalue weighted by atomic mass is 9.74. The van der Waals surface area contributed by atoms with E-state index in [4.69, 9.17) is 5.11 Å². The first-order valence-corrected chi connectivity index (χ1v) is 6.73. The van der Waals surface area contributed by atoms with E-state index >= 15 is 0 Å². The molecule has 20 heavy (non-hydrogen) atoms. The minimum atomic E-state index is -1.03. The second-order valence-corrected chi connectivity index (χ2v) is 5.12. The average Bonchev–Trinajstić information content (AvgIpc) is 2.40. The molecule has 106 valence electrons. The van der Waals surface area contributed by atoms with Crippen molar-refractivity contribution >= 4 is 18.0 Å². The van der Waals surface area contributed by atoms with E-state index in [9.17, 15) is 9.59 Å². The minimum Gasteiger partial charge on any atom is -0.478 e. The molecule has 1 aliphatic rings. The molecule has 0 aromatic carbocycles. The van der Waals surface area contributed by atoms with Gasteiger partial charge in [0.1, 0.15) is 0 Å². The van der Waals surface area contributed by atoms with Crippen molar-refractivity contribution in [2.45, 2.75) is 38.1 Å². The van der Waals surface area contributed by atoms with Crippen molar-refractivity contribution in [2.75, 3.05) is 0 Å². The maximum atomic E-state index is 12.2. The van der Waals surface area contributed by atoms with Crippen molar-refractivity contribution in [1.29, 1.82) is 0 Å². The third-order valence-corrected chi connectivity index (χ3v) is 3.81. The highest BCUT2D eigenvalue weighted by atomic mass is 16.4. The fourth-order valence-electron chi connectivity index (χ4n) is 2.32. The maximum absolute atomic E-state index is 12.2. The van der Waals surface area contributed by atoms with Crippen LogP contribution in [0.25, 0.3) is 6.08 Å². The van der Waals surface area contributed by atoms with E-state index in [1.807, 2.05) is 0 Å². The Kier molecular flexibility index (Phi) is 4.17. The number of nitrogens with zero attached hydrogens (tertiary/aromatic N) is 1. The number of pyridine rings is 1. The van der Waals surface area contributed by atoms with Gasteiger partial charge in [-0.25, -0.2) is 4.79 Å². The van der Waals surface area contributed by atoms with Crippen LogP contribution in [0.2, 0.25) is 0 Å². The van der Waals surface area contributed by atoms with Gasteiger partial charge in [0.25, 0.3) is 5.91 Å². The Bertz CT molecular complexity index is 542. The summed E-state index contributed by atoms with van der Waals surface area (Å²) in [5, 5.41) is 11.7. The summed E-state index contributed by atoms with van der Waals surface area (Å²) < 4.78 is 0. The molecule has 0 spiro atoms. The van der Waals surface area contributed by atoms with Gasteiger partial charge in [-0.3, -0.25) is 9.78 Å². The Hall–Kier alpha value is -2.17. The molecule has 0 aliphatic heterocycles. The molecule has 1 fully saturated rings. The first kappa shape index (κ1) is 14.2. The molecule has 0 unspecified atom stereocenters. The molecule has 2 N–H and O–H groups in total. The van der Waals surface area contributed by atoms with Crippen LogP contribution >= 0.6 is 0 Å². The van der Waals surface area contributed by atoms with Gasteiger partial charge in [-0.05, 0) is 43.4 Å². The molecule has 5 heteroatoms. The van der Waals surface area contributed by atoms with E-state index in [0.29, 0.717) is 11.1 Å². The summed E-state index contributed by atoms with van der Waals surface area (Å²) in [6.07, 6.45) is 9.56. The number of carbonyl (C=O) groups is 2. The maximum Gasteiger partial charge on any atom is 0.328 e. The number of hydrogen-bond donors (Lipinski definition) is 2. The average molecular weight is 274 g/mol. The highest BCUT2D eigenvalue weighted by molar-refractivity contribution is 5.95. The molecule has 0 bridgehead atoms. The SMILES string of the molecule is CCC1(NC(=O)c2cncc(/C=C/C(=O)O)c2)CCC1. The monoisotopic (exact) mass is 274 g/mol. The van der Waals surface area contributed by atoms with Crippen molar-refractivity contribution in [3.63, 3.8) is 0 Å². The van der Waals surface area contributed by atoms with Gasteiger partial charge in [0.2, 0.25) is 0 Å². The number of amides is 1. The lowest BCUT2D eigenvalue weighted by Gasteiger charge is -2.42. The predicted molar refractivity (Wildman–Crippen MR) is 75.2 cm³/mol. The van der Waals surface area contributed by atoms with Crippen LogP contribution in [0.15, 0.2) is 24.5 Å². The van der Waals surface area contributed by atoms with Crippen LogP contribution < -0.4 is 5.32 Å². The second-order valence-electron chi connectivity index (χ2n) is 5.12. The Morgan fingerprint density at radius 2 is 2.20 bits per heavy atom. The fraction of sp³-hybridized carbons (Fsp3) is 0.400. The predicted octanol–water partition coefficient (Wildman–Crippen LogP) is 2.24. The molecule has 0 radical (unpaired) electrons. The first-order chi connectivity index (χ1) is 9.54. The quantitative estimate of drug-likeness (QED) is 0.807. The van der Waals surface area contributed by atoms with E-state index in [2.05, 4.69) is 17.2 Å². The third-order valence-electron chi connectivity index (χ3n) is 3.81. The Labute approximate surface area is 117 Å². The molecule has 1 amide bonds. The van der Waals surface area contributed by atoms with Crippen LogP contribution in [0.4, 0.5) is 0 Å². The molecule has 0 saturated heterocycles. The molecule has 5 nitrogen and oxygen atoms in total. The number of hydrogen-bond acceptors (Lipinski definition) is 3. The van der Waals surface area contributed by atoms with E-state index in [-0.39, 0.29) is 11.4 Å². The van der Waals surface area contributed by atoms with Gasteiger partial charge in [0.15, 0.2) is 0 Å².